The molecule has 0 fully saturated rings. The van der Waals surface area contributed by atoms with E-state index >= 15 is 0 Å². The molecule has 0 saturated carbocycles. The Balaban J connectivity index is 2.21. The Morgan fingerprint density at radius 2 is 1.74 bits per heavy atom. The average molecular weight is 300 g/mol. The van der Waals surface area contributed by atoms with Crippen LogP contribution in [0.4, 0.5) is 4.39 Å². The first kappa shape index (κ1) is 14.1. The molecule has 2 aromatic rings. The molecule has 2 nitrogen and oxygen atoms in total. The van der Waals surface area contributed by atoms with Crippen LogP contribution >= 0.6 is 23.2 Å². The summed E-state index contributed by atoms with van der Waals surface area (Å²) in [6.07, 6.45) is 0. The number of hydrogen-bond donors (Lipinski definition) is 1. The molecule has 0 aliphatic heterocycles. The van der Waals surface area contributed by atoms with Crippen molar-refractivity contribution in [3.63, 3.8) is 0 Å². The van der Waals surface area contributed by atoms with E-state index in [9.17, 15) is 4.39 Å². The SMILES string of the molecule is NCc1cccc(Cl)c1OCc1cccc(F)c1Cl. The molecular formula is C14H12Cl2FNO. The van der Waals surface area contributed by atoms with E-state index in [0.717, 1.165) is 5.56 Å². The number of benzene rings is 2. The van der Waals surface area contributed by atoms with Crippen LogP contribution in [0.1, 0.15) is 11.1 Å². The van der Waals surface area contributed by atoms with Crippen molar-refractivity contribution in [3.8, 4) is 5.75 Å². The zero-order valence-electron chi connectivity index (χ0n) is 10.00. The van der Waals surface area contributed by atoms with Gasteiger partial charge in [0.05, 0.1) is 10.0 Å². The van der Waals surface area contributed by atoms with Crippen LogP contribution in [0.15, 0.2) is 36.4 Å². The number of halogens is 3. The summed E-state index contributed by atoms with van der Waals surface area (Å²) in [6.45, 7) is 0.445. The monoisotopic (exact) mass is 299 g/mol. The predicted octanol–water partition coefficient (Wildman–Crippen LogP) is 4.17. The van der Waals surface area contributed by atoms with E-state index in [1.165, 1.54) is 6.07 Å². The van der Waals surface area contributed by atoms with Crippen LogP contribution in [0, 0.1) is 5.82 Å². The van der Waals surface area contributed by atoms with Crippen molar-refractivity contribution in [1.82, 2.24) is 0 Å². The predicted molar refractivity (Wildman–Crippen MR) is 75.1 cm³/mol. The molecule has 19 heavy (non-hydrogen) atoms. The molecule has 0 heterocycles. The van der Waals surface area contributed by atoms with E-state index in [0.29, 0.717) is 22.9 Å². The fourth-order valence-corrected chi connectivity index (χ4v) is 2.11. The van der Waals surface area contributed by atoms with Gasteiger partial charge in [-0.15, -0.1) is 0 Å². The summed E-state index contributed by atoms with van der Waals surface area (Å²) in [5.74, 6) is 0.0352. The van der Waals surface area contributed by atoms with Crippen molar-refractivity contribution in [1.29, 1.82) is 0 Å². The van der Waals surface area contributed by atoms with Crippen LogP contribution in [0.2, 0.25) is 10.0 Å². The number of nitrogens with two attached hydrogens (primary N) is 1. The van der Waals surface area contributed by atoms with E-state index in [-0.39, 0.29) is 11.6 Å². The molecular weight excluding hydrogens is 288 g/mol. The lowest BCUT2D eigenvalue weighted by atomic mass is 10.2. The summed E-state index contributed by atoms with van der Waals surface area (Å²) in [4.78, 5) is 0. The first-order valence-electron chi connectivity index (χ1n) is 5.66. The van der Waals surface area contributed by atoms with Gasteiger partial charge in [-0.1, -0.05) is 47.5 Å². The molecule has 0 aliphatic carbocycles. The molecule has 0 spiro atoms. The number of rotatable bonds is 4. The molecule has 2 rings (SSSR count). The van der Waals surface area contributed by atoms with Crippen molar-refractivity contribution >= 4 is 23.2 Å². The molecule has 0 saturated heterocycles. The van der Waals surface area contributed by atoms with Gasteiger partial charge in [0.15, 0.2) is 0 Å². The van der Waals surface area contributed by atoms with Crippen molar-refractivity contribution < 1.29 is 9.13 Å². The Kier molecular flexibility index (Phi) is 4.64. The molecule has 0 unspecified atom stereocenters. The molecule has 2 N–H and O–H groups in total. The van der Waals surface area contributed by atoms with Crippen LogP contribution in [-0.4, -0.2) is 0 Å². The lowest BCUT2D eigenvalue weighted by Crippen LogP contribution is -2.04. The van der Waals surface area contributed by atoms with Crippen molar-refractivity contribution in [2.45, 2.75) is 13.2 Å². The van der Waals surface area contributed by atoms with Crippen molar-refractivity contribution in [2.24, 2.45) is 5.73 Å². The molecule has 0 radical (unpaired) electrons. The second-order valence-electron chi connectivity index (χ2n) is 3.93. The third-order valence-electron chi connectivity index (χ3n) is 2.67. The largest absolute Gasteiger partial charge is 0.487 e. The lowest BCUT2D eigenvalue weighted by Gasteiger charge is -2.13. The maximum absolute atomic E-state index is 13.3. The van der Waals surface area contributed by atoms with Crippen LogP contribution in [0.3, 0.4) is 0 Å². The van der Waals surface area contributed by atoms with E-state index in [4.69, 9.17) is 33.7 Å². The van der Waals surface area contributed by atoms with E-state index in [1.807, 2.05) is 6.07 Å². The topological polar surface area (TPSA) is 35.2 Å². The number of para-hydroxylation sites is 1. The summed E-state index contributed by atoms with van der Waals surface area (Å²) in [6, 6.07) is 9.91. The Bertz CT molecular complexity index is 590. The van der Waals surface area contributed by atoms with E-state index in [2.05, 4.69) is 0 Å². The molecule has 0 aliphatic rings. The van der Waals surface area contributed by atoms with Gasteiger partial charge in [-0.25, -0.2) is 4.39 Å². The summed E-state index contributed by atoms with van der Waals surface area (Å²) in [7, 11) is 0. The highest BCUT2D eigenvalue weighted by molar-refractivity contribution is 6.32. The van der Waals surface area contributed by atoms with Gasteiger partial charge in [0.25, 0.3) is 0 Å². The molecule has 0 aromatic heterocycles. The van der Waals surface area contributed by atoms with Gasteiger partial charge in [-0.2, -0.15) is 0 Å². The Hall–Kier alpha value is -1.29. The normalized spacial score (nSPS) is 10.5. The van der Waals surface area contributed by atoms with Crippen LogP contribution in [0.25, 0.3) is 0 Å². The maximum Gasteiger partial charge on any atom is 0.142 e. The molecule has 5 heteroatoms. The quantitative estimate of drug-likeness (QED) is 0.919. The third kappa shape index (κ3) is 3.18. The number of ether oxygens (including phenoxy) is 1. The van der Waals surface area contributed by atoms with E-state index < -0.39 is 5.82 Å². The summed E-state index contributed by atoms with van der Waals surface area (Å²) >= 11 is 11.9. The second-order valence-corrected chi connectivity index (χ2v) is 4.72. The minimum atomic E-state index is -0.471. The lowest BCUT2D eigenvalue weighted by molar-refractivity contribution is 0.302. The maximum atomic E-state index is 13.3. The van der Waals surface area contributed by atoms with Crippen LogP contribution in [-0.2, 0) is 13.2 Å². The smallest absolute Gasteiger partial charge is 0.142 e. The minimum absolute atomic E-state index is 0.0591. The fourth-order valence-electron chi connectivity index (χ4n) is 1.69. The standard InChI is InChI=1S/C14H12Cl2FNO/c15-11-5-1-3-9(7-18)14(11)19-8-10-4-2-6-12(17)13(10)16/h1-6H,7-8,18H2. The van der Waals surface area contributed by atoms with E-state index in [1.54, 1.807) is 24.3 Å². The highest BCUT2D eigenvalue weighted by Crippen LogP contribution is 2.30. The van der Waals surface area contributed by atoms with Gasteiger partial charge in [0.2, 0.25) is 0 Å². The summed E-state index contributed by atoms with van der Waals surface area (Å²) in [5.41, 5.74) is 6.97. The first-order chi connectivity index (χ1) is 9.13. The van der Waals surface area contributed by atoms with Gasteiger partial charge in [-0.05, 0) is 12.1 Å². The number of hydrogen-bond acceptors (Lipinski definition) is 2. The third-order valence-corrected chi connectivity index (χ3v) is 3.39. The first-order valence-corrected chi connectivity index (χ1v) is 6.42. The summed E-state index contributed by atoms with van der Waals surface area (Å²) < 4.78 is 18.9. The highest BCUT2D eigenvalue weighted by atomic mass is 35.5. The molecule has 0 amide bonds. The molecule has 0 atom stereocenters. The van der Waals surface area contributed by atoms with Gasteiger partial charge in [0.1, 0.15) is 18.2 Å². The summed E-state index contributed by atoms with van der Waals surface area (Å²) in [5, 5.41) is 0.527. The van der Waals surface area contributed by atoms with Gasteiger partial charge < -0.3 is 10.5 Å². The van der Waals surface area contributed by atoms with Crippen molar-refractivity contribution in [2.75, 3.05) is 0 Å². The highest BCUT2D eigenvalue weighted by Gasteiger charge is 2.10. The Labute approximate surface area is 120 Å². The Morgan fingerprint density at radius 1 is 1.05 bits per heavy atom. The molecule has 0 bridgehead atoms. The Morgan fingerprint density at radius 3 is 2.47 bits per heavy atom. The van der Waals surface area contributed by atoms with Crippen LogP contribution in [0.5, 0.6) is 5.75 Å². The van der Waals surface area contributed by atoms with Crippen LogP contribution < -0.4 is 10.5 Å². The fraction of sp³-hybridized carbons (Fsp3) is 0.143. The van der Waals surface area contributed by atoms with Gasteiger partial charge in [0, 0.05) is 17.7 Å². The second kappa shape index (κ2) is 6.24. The molecule has 100 valence electrons. The van der Waals surface area contributed by atoms with Gasteiger partial charge in [-0.3, -0.25) is 0 Å². The average Bonchev–Trinajstić information content (AvgIpc) is 2.41. The molecule has 2 aromatic carbocycles. The zero-order valence-corrected chi connectivity index (χ0v) is 11.5. The minimum Gasteiger partial charge on any atom is -0.487 e. The zero-order chi connectivity index (χ0) is 13.8. The van der Waals surface area contributed by atoms with Crippen molar-refractivity contribution in [3.05, 3.63) is 63.4 Å². The van der Waals surface area contributed by atoms with Gasteiger partial charge >= 0.3 is 0 Å².